The third kappa shape index (κ3) is 3.66. The van der Waals surface area contributed by atoms with E-state index in [-0.39, 0.29) is 5.78 Å². The van der Waals surface area contributed by atoms with Crippen molar-refractivity contribution in [3.05, 3.63) is 65.7 Å². The molecule has 2 aromatic rings. The van der Waals surface area contributed by atoms with Crippen molar-refractivity contribution in [1.29, 1.82) is 0 Å². The second-order valence-electron chi connectivity index (χ2n) is 4.21. The van der Waals surface area contributed by atoms with E-state index in [0.717, 1.165) is 5.56 Å². The number of methoxy groups -OCH3 is 1. The van der Waals surface area contributed by atoms with Crippen LogP contribution in [-0.4, -0.2) is 19.4 Å². The summed E-state index contributed by atoms with van der Waals surface area (Å²) in [4.78, 5) is 12.1. The van der Waals surface area contributed by atoms with Crippen molar-refractivity contribution in [1.82, 2.24) is 5.32 Å². The molecule has 0 amide bonds. The number of carbonyl (C=O) groups is 1. The standard InChI is InChI=1S/C16H17NO2/c1-19-16-10-6-5-9-14(16)15(18)12-17-11-13-7-3-2-4-8-13/h2-10,17H,11-12H2,1H3. The fourth-order valence-corrected chi connectivity index (χ4v) is 1.89. The molecule has 3 nitrogen and oxygen atoms in total. The van der Waals surface area contributed by atoms with Crippen molar-refractivity contribution in [2.24, 2.45) is 0 Å². The lowest BCUT2D eigenvalue weighted by Crippen LogP contribution is -2.22. The summed E-state index contributed by atoms with van der Waals surface area (Å²) in [5, 5.41) is 3.15. The Balaban J connectivity index is 1.91. The van der Waals surface area contributed by atoms with E-state index in [0.29, 0.717) is 24.4 Å². The molecule has 0 atom stereocenters. The van der Waals surface area contributed by atoms with Crippen LogP contribution >= 0.6 is 0 Å². The molecule has 0 heterocycles. The summed E-state index contributed by atoms with van der Waals surface area (Å²) in [6.07, 6.45) is 0. The van der Waals surface area contributed by atoms with Gasteiger partial charge in [0.05, 0.1) is 19.2 Å². The molecule has 3 heteroatoms. The van der Waals surface area contributed by atoms with E-state index in [1.54, 1.807) is 19.2 Å². The minimum absolute atomic E-state index is 0.0355. The smallest absolute Gasteiger partial charge is 0.180 e. The van der Waals surface area contributed by atoms with Crippen molar-refractivity contribution in [2.75, 3.05) is 13.7 Å². The van der Waals surface area contributed by atoms with Crippen LogP contribution in [0, 0.1) is 0 Å². The quantitative estimate of drug-likeness (QED) is 0.806. The van der Waals surface area contributed by atoms with Crippen LogP contribution in [0.3, 0.4) is 0 Å². The molecule has 0 aliphatic heterocycles. The second-order valence-corrected chi connectivity index (χ2v) is 4.21. The molecule has 0 spiro atoms. The zero-order chi connectivity index (χ0) is 13.5. The highest BCUT2D eigenvalue weighted by Gasteiger charge is 2.10. The van der Waals surface area contributed by atoms with Crippen LogP contribution in [-0.2, 0) is 6.54 Å². The Morgan fingerprint density at radius 3 is 2.47 bits per heavy atom. The minimum Gasteiger partial charge on any atom is -0.496 e. The molecule has 0 aromatic heterocycles. The average molecular weight is 255 g/mol. The Hall–Kier alpha value is -2.13. The molecule has 0 aliphatic carbocycles. The first-order valence-electron chi connectivity index (χ1n) is 6.22. The zero-order valence-corrected chi connectivity index (χ0v) is 10.9. The van der Waals surface area contributed by atoms with E-state index in [2.05, 4.69) is 5.32 Å². The number of ketones is 1. The number of benzene rings is 2. The molecule has 1 N–H and O–H groups in total. The lowest BCUT2D eigenvalue weighted by Gasteiger charge is -2.08. The molecule has 98 valence electrons. The van der Waals surface area contributed by atoms with Gasteiger partial charge in [-0.3, -0.25) is 4.79 Å². The molecule has 2 rings (SSSR count). The van der Waals surface area contributed by atoms with Crippen LogP contribution < -0.4 is 10.1 Å². The number of Topliss-reactive ketones (excluding diaryl/α,β-unsaturated/α-hetero) is 1. The summed E-state index contributed by atoms with van der Waals surface area (Å²) in [6.45, 7) is 0.983. The van der Waals surface area contributed by atoms with E-state index in [1.165, 1.54) is 0 Å². The first-order chi connectivity index (χ1) is 9.31. The fraction of sp³-hybridized carbons (Fsp3) is 0.188. The van der Waals surface area contributed by atoms with Gasteiger partial charge in [-0.05, 0) is 17.7 Å². The number of para-hydroxylation sites is 1. The van der Waals surface area contributed by atoms with Crippen LogP contribution in [0.4, 0.5) is 0 Å². The van der Waals surface area contributed by atoms with Gasteiger partial charge in [0.25, 0.3) is 0 Å². The number of hydrogen-bond acceptors (Lipinski definition) is 3. The Labute approximate surface area is 113 Å². The number of rotatable bonds is 6. The topological polar surface area (TPSA) is 38.3 Å². The number of carbonyl (C=O) groups excluding carboxylic acids is 1. The average Bonchev–Trinajstić information content (AvgIpc) is 2.48. The highest BCUT2D eigenvalue weighted by molar-refractivity contribution is 6.00. The van der Waals surface area contributed by atoms with Gasteiger partial charge in [0, 0.05) is 6.54 Å². The van der Waals surface area contributed by atoms with E-state index in [9.17, 15) is 4.79 Å². The molecule has 0 bridgehead atoms. The monoisotopic (exact) mass is 255 g/mol. The van der Waals surface area contributed by atoms with Gasteiger partial charge in [0.2, 0.25) is 0 Å². The zero-order valence-electron chi connectivity index (χ0n) is 10.9. The van der Waals surface area contributed by atoms with Crippen molar-refractivity contribution >= 4 is 5.78 Å². The Morgan fingerprint density at radius 2 is 1.74 bits per heavy atom. The molecule has 0 saturated carbocycles. The number of nitrogens with one attached hydrogen (secondary N) is 1. The molecule has 2 aromatic carbocycles. The highest BCUT2D eigenvalue weighted by atomic mass is 16.5. The Morgan fingerprint density at radius 1 is 1.05 bits per heavy atom. The first-order valence-corrected chi connectivity index (χ1v) is 6.22. The van der Waals surface area contributed by atoms with Gasteiger partial charge in [-0.25, -0.2) is 0 Å². The molecular weight excluding hydrogens is 238 g/mol. The van der Waals surface area contributed by atoms with Gasteiger partial charge < -0.3 is 10.1 Å². The normalized spacial score (nSPS) is 10.2. The maximum absolute atomic E-state index is 12.1. The summed E-state index contributed by atoms with van der Waals surface area (Å²) in [6, 6.07) is 17.3. The molecular formula is C16H17NO2. The van der Waals surface area contributed by atoms with Crippen LogP contribution in [0.25, 0.3) is 0 Å². The predicted molar refractivity (Wildman–Crippen MR) is 75.5 cm³/mol. The first kappa shape index (κ1) is 13.3. The van der Waals surface area contributed by atoms with Crippen LogP contribution in [0.1, 0.15) is 15.9 Å². The Kier molecular flexibility index (Phi) is 4.70. The summed E-state index contributed by atoms with van der Waals surface area (Å²) in [7, 11) is 1.57. The lowest BCUT2D eigenvalue weighted by atomic mass is 10.1. The van der Waals surface area contributed by atoms with E-state index in [1.807, 2.05) is 42.5 Å². The number of ether oxygens (including phenoxy) is 1. The van der Waals surface area contributed by atoms with Crippen molar-refractivity contribution in [3.63, 3.8) is 0 Å². The lowest BCUT2D eigenvalue weighted by molar-refractivity contribution is 0.0988. The molecule has 0 radical (unpaired) electrons. The second kappa shape index (κ2) is 6.71. The summed E-state index contributed by atoms with van der Waals surface area (Å²) in [5.74, 6) is 0.655. The molecule has 0 aliphatic rings. The minimum atomic E-state index is 0.0355. The molecule has 0 unspecified atom stereocenters. The van der Waals surface area contributed by atoms with E-state index >= 15 is 0 Å². The van der Waals surface area contributed by atoms with Gasteiger partial charge >= 0.3 is 0 Å². The van der Waals surface area contributed by atoms with Crippen LogP contribution in [0.2, 0.25) is 0 Å². The maximum atomic E-state index is 12.1. The maximum Gasteiger partial charge on any atom is 0.180 e. The molecule has 19 heavy (non-hydrogen) atoms. The largest absolute Gasteiger partial charge is 0.496 e. The van der Waals surface area contributed by atoms with Crippen molar-refractivity contribution < 1.29 is 9.53 Å². The van der Waals surface area contributed by atoms with Crippen LogP contribution in [0.5, 0.6) is 5.75 Å². The summed E-state index contributed by atoms with van der Waals surface area (Å²) in [5.41, 5.74) is 1.78. The van der Waals surface area contributed by atoms with Gasteiger partial charge in [0.1, 0.15) is 5.75 Å². The van der Waals surface area contributed by atoms with Gasteiger partial charge in [-0.15, -0.1) is 0 Å². The van der Waals surface area contributed by atoms with Crippen LogP contribution in [0.15, 0.2) is 54.6 Å². The van der Waals surface area contributed by atoms with Gasteiger partial charge in [-0.1, -0.05) is 42.5 Å². The van der Waals surface area contributed by atoms with Gasteiger partial charge in [-0.2, -0.15) is 0 Å². The fourth-order valence-electron chi connectivity index (χ4n) is 1.89. The van der Waals surface area contributed by atoms with Crippen molar-refractivity contribution in [3.8, 4) is 5.75 Å². The van der Waals surface area contributed by atoms with Gasteiger partial charge in [0.15, 0.2) is 5.78 Å². The third-order valence-electron chi connectivity index (χ3n) is 2.86. The number of hydrogen-bond donors (Lipinski definition) is 1. The molecule has 0 saturated heterocycles. The van der Waals surface area contributed by atoms with E-state index in [4.69, 9.17) is 4.74 Å². The highest BCUT2D eigenvalue weighted by Crippen LogP contribution is 2.17. The third-order valence-corrected chi connectivity index (χ3v) is 2.86. The SMILES string of the molecule is COc1ccccc1C(=O)CNCc1ccccc1. The van der Waals surface area contributed by atoms with E-state index < -0.39 is 0 Å². The predicted octanol–water partition coefficient (Wildman–Crippen LogP) is 2.67. The molecule has 0 fully saturated rings. The summed E-state index contributed by atoms with van der Waals surface area (Å²) >= 11 is 0. The summed E-state index contributed by atoms with van der Waals surface area (Å²) < 4.78 is 5.18. The Bertz CT molecular complexity index is 537. The van der Waals surface area contributed by atoms with Crippen molar-refractivity contribution in [2.45, 2.75) is 6.54 Å².